The van der Waals surface area contributed by atoms with Gasteiger partial charge in [0.05, 0.1) is 17.8 Å². The maximum absolute atomic E-state index is 10.6. The fourth-order valence-electron chi connectivity index (χ4n) is 2.63. The highest BCUT2D eigenvalue weighted by molar-refractivity contribution is 6.30. The van der Waals surface area contributed by atoms with E-state index in [1.54, 1.807) is 12.4 Å². The summed E-state index contributed by atoms with van der Waals surface area (Å²) in [6, 6.07) is 9.43. The largest absolute Gasteiger partial charge is 0.490 e. The molecule has 0 fully saturated rings. The molecule has 1 atom stereocenters. The van der Waals surface area contributed by atoms with E-state index in [9.17, 15) is 26.3 Å². The van der Waals surface area contributed by atoms with Gasteiger partial charge in [-0.05, 0) is 30.2 Å². The quantitative estimate of drug-likeness (QED) is 0.225. The molecule has 4 aromatic rings. The molecule has 10 nitrogen and oxygen atoms in total. The first-order valence-electron chi connectivity index (χ1n) is 10.0. The number of fused-ring (bicyclic) bond motifs is 1. The molecule has 0 saturated carbocycles. The third kappa shape index (κ3) is 9.04. The summed E-state index contributed by atoms with van der Waals surface area (Å²) in [5, 5.41) is 21.7. The van der Waals surface area contributed by atoms with E-state index in [1.807, 2.05) is 36.5 Å². The van der Waals surface area contributed by atoms with Crippen molar-refractivity contribution in [3.05, 3.63) is 65.3 Å². The van der Waals surface area contributed by atoms with Gasteiger partial charge in [-0.15, -0.1) is 0 Å². The molecule has 4 rings (SSSR count). The Morgan fingerprint density at radius 1 is 0.974 bits per heavy atom. The molecule has 3 aromatic heterocycles. The van der Waals surface area contributed by atoms with E-state index in [0.717, 1.165) is 28.0 Å². The number of H-pyrrole nitrogens is 2. The Morgan fingerprint density at radius 3 is 2.00 bits per heavy atom. The third-order valence-electron chi connectivity index (χ3n) is 4.39. The highest BCUT2D eigenvalue weighted by Crippen LogP contribution is 2.23. The van der Waals surface area contributed by atoms with Gasteiger partial charge in [-0.25, -0.2) is 19.6 Å². The number of nitrogens with two attached hydrogens (primary N) is 1. The minimum atomic E-state index is -5.08. The number of imidazole rings is 1. The number of aromatic nitrogens is 5. The molecular weight excluding hydrogens is 550 g/mol. The molecule has 0 bridgehead atoms. The van der Waals surface area contributed by atoms with Crippen molar-refractivity contribution < 1.29 is 46.1 Å². The fourth-order valence-corrected chi connectivity index (χ4v) is 2.76. The molecule has 6 N–H and O–H groups in total. The van der Waals surface area contributed by atoms with E-state index in [2.05, 4.69) is 25.1 Å². The first-order valence-corrected chi connectivity index (χ1v) is 10.4. The third-order valence-corrected chi connectivity index (χ3v) is 4.64. The van der Waals surface area contributed by atoms with Gasteiger partial charge in [0.25, 0.3) is 0 Å². The highest BCUT2D eigenvalue weighted by Gasteiger charge is 2.38. The number of carboxylic acids is 2. The van der Waals surface area contributed by atoms with Crippen molar-refractivity contribution in [2.45, 2.75) is 24.8 Å². The smallest absolute Gasteiger partial charge is 0.475 e. The maximum atomic E-state index is 10.6. The second kappa shape index (κ2) is 12.4. The molecule has 0 radical (unpaired) electrons. The number of aromatic amines is 2. The van der Waals surface area contributed by atoms with Crippen molar-refractivity contribution in [3.63, 3.8) is 0 Å². The van der Waals surface area contributed by atoms with E-state index < -0.39 is 24.3 Å². The second-order valence-corrected chi connectivity index (χ2v) is 7.68. The lowest BCUT2D eigenvalue weighted by atomic mass is 10.1. The Bertz CT molecular complexity index is 1330. The van der Waals surface area contributed by atoms with E-state index in [-0.39, 0.29) is 6.04 Å². The number of nitrogens with one attached hydrogen (secondary N) is 2. The van der Waals surface area contributed by atoms with E-state index in [4.69, 9.17) is 37.1 Å². The molecule has 3 heterocycles. The number of rotatable bonds is 4. The molecule has 0 aliphatic carbocycles. The Morgan fingerprint density at radius 2 is 1.53 bits per heavy atom. The van der Waals surface area contributed by atoms with Crippen LogP contribution in [0.25, 0.3) is 22.3 Å². The summed E-state index contributed by atoms with van der Waals surface area (Å²) < 4.78 is 63.5. The second-order valence-electron chi connectivity index (χ2n) is 7.25. The first-order chi connectivity index (χ1) is 17.6. The minimum absolute atomic E-state index is 0.238. The zero-order valence-electron chi connectivity index (χ0n) is 18.7. The normalized spacial score (nSPS) is 12.1. The van der Waals surface area contributed by atoms with Crippen LogP contribution in [0.1, 0.15) is 17.4 Å². The van der Waals surface area contributed by atoms with Crippen LogP contribution in [0.4, 0.5) is 26.3 Å². The van der Waals surface area contributed by atoms with Gasteiger partial charge in [-0.1, -0.05) is 23.7 Å². The van der Waals surface area contributed by atoms with Gasteiger partial charge in [-0.2, -0.15) is 31.4 Å². The zero-order chi connectivity index (χ0) is 28.7. The molecular formula is C21H17ClF6N6O4. The lowest BCUT2D eigenvalue weighted by Crippen LogP contribution is -2.21. The van der Waals surface area contributed by atoms with Crippen LogP contribution in [0.2, 0.25) is 5.02 Å². The SMILES string of the molecule is N[C@H](Cc1ccc(Cl)cc1)c1nc2ncc(-c3cn[nH]c3)cc2[nH]1.O=C(O)C(F)(F)F.O=C(O)C(F)(F)F. The summed E-state index contributed by atoms with van der Waals surface area (Å²) in [5.74, 6) is -4.79. The predicted octanol–water partition coefficient (Wildman–Crippen LogP) is 4.51. The molecule has 0 aliphatic heterocycles. The molecule has 0 unspecified atom stereocenters. The van der Waals surface area contributed by atoms with Crippen LogP contribution in [-0.4, -0.2) is 59.7 Å². The van der Waals surface area contributed by atoms with Gasteiger partial charge in [0.1, 0.15) is 5.82 Å². The molecule has 204 valence electrons. The molecule has 0 spiro atoms. The van der Waals surface area contributed by atoms with E-state index in [0.29, 0.717) is 17.1 Å². The molecule has 1 aromatic carbocycles. The Labute approximate surface area is 213 Å². The first kappa shape index (κ1) is 30.0. The number of nitrogens with zero attached hydrogens (tertiary/aromatic N) is 3. The van der Waals surface area contributed by atoms with Crippen molar-refractivity contribution >= 4 is 34.7 Å². The van der Waals surface area contributed by atoms with Gasteiger partial charge < -0.3 is 20.9 Å². The van der Waals surface area contributed by atoms with Gasteiger partial charge in [0.2, 0.25) is 0 Å². The molecule has 0 saturated heterocycles. The number of benzene rings is 1. The van der Waals surface area contributed by atoms with Crippen LogP contribution in [0.3, 0.4) is 0 Å². The minimum Gasteiger partial charge on any atom is -0.475 e. The standard InChI is InChI=1S/C17H15ClN6.2C2HF3O2/c18-13-3-1-10(2-4-13)5-14(19)16-23-15-6-11(7-20-17(15)24-16)12-8-21-22-9-12;2*3-2(4,5)1(6)7/h1-4,6-9,14H,5,19H2,(H,21,22)(H,20,23,24);2*(H,6,7)/t14-;;/m1../s1. The highest BCUT2D eigenvalue weighted by atomic mass is 35.5. The number of alkyl halides is 6. The van der Waals surface area contributed by atoms with E-state index in [1.165, 1.54) is 0 Å². The van der Waals surface area contributed by atoms with E-state index >= 15 is 0 Å². The number of aliphatic carboxylic acids is 2. The van der Waals surface area contributed by atoms with Gasteiger partial charge >= 0.3 is 24.3 Å². The topological polar surface area (TPSA) is 171 Å². The van der Waals surface area contributed by atoms with Crippen LogP contribution in [0, 0.1) is 0 Å². The summed E-state index contributed by atoms with van der Waals surface area (Å²) >= 11 is 5.91. The average molecular weight is 567 g/mol. The van der Waals surface area contributed by atoms with Crippen molar-refractivity contribution in [1.82, 2.24) is 25.1 Å². The molecule has 17 heteroatoms. The average Bonchev–Trinajstić information content (AvgIpc) is 3.50. The number of carboxylic acid groups (broad SMARTS) is 2. The van der Waals surface area contributed by atoms with Crippen molar-refractivity contribution in [2.24, 2.45) is 5.73 Å². The van der Waals surface area contributed by atoms with Crippen molar-refractivity contribution in [1.29, 1.82) is 0 Å². The van der Waals surface area contributed by atoms with Gasteiger partial charge in [-0.3, -0.25) is 5.10 Å². The van der Waals surface area contributed by atoms with Crippen LogP contribution in [0.5, 0.6) is 0 Å². The Balaban J connectivity index is 0.000000301. The number of pyridine rings is 1. The van der Waals surface area contributed by atoms with Gasteiger partial charge in [0.15, 0.2) is 5.65 Å². The molecule has 0 amide bonds. The molecule has 38 heavy (non-hydrogen) atoms. The predicted molar refractivity (Wildman–Crippen MR) is 121 cm³/mol. The summed E-state index contributed by atoms with van der Waals surface area (Å²) in [7, 11) is 0. The number of hydrogen-bond acceptors (Lipinski definition) is 6. The lowest BCUT2D eigenvalue weighted by molar-refractivity contribution is -0.193. The van der Waals surface area contributed by atoms with Gasteiger partial charge in [0, 0.05) is 28.5 Å². The maximum Gasteiger partial charge on any atom is 0.490 e. The fraction of sp³-hybridized carbons (Fsp3) is 0.190. The summed E-state index contributed by atoms with van der Waals surface area (Å²) in [4.78, 5) is 30.0. The number of halogens is 7. The summed E-state index contributed by atoms with van der Waals surface area (Å²) in [6.07, 6.45) is -4.13. The monoisotopic (exact) mass is 566 g/mol. The van der Waals surface area contributed by atoms with Crippen LogP contribution < -0.4 is 5.73 Å². The van der Waals surface area contributed by atoms with Crippen molar-refractivity contribution in [3.8, 4) is 11.1 Å². The summed E-state index contributed by atoms with van der Waals surface area (Å²) in [6.45, 7) is 0. The molecule has 0 aliphatic rings. The lowest BCUT2D eigenvalue weighted by Gasteiger charge is -2.08. The number of carbonyl (C=O) groups is 2. The Hall–Kier alpha value is -4.18. The van der Waals surface area contributed by atoms with Crippen LogP contribution in [0.15, 0.2) is 48.9 Å². The van der Waals surface area contributed by atoms with Crippen LogP contribution in [-0.2, 0) is 16.0 Å². The summed E-state index contributed by atoms with van der Waals surface area (Å²) in [5.41, 5.74) is 10.9. The number of hydrogen-bond donors (Lipinski definition) is 5. The zero-order valence-corrected chi connectivity index (χ0v) is 19.4. The van der Waals surface area contributed by atoms with Crippen LogP contribution >= 0.6 is 11.6 Å². The van der Waals surface area contributed by atoms with Crippen molar-refractivity contribution in [2.75, 3.05) is 0 Å². The Kier molecular flexibility index (Phi) is 9.78.